The van der Waals surface area contributed by atoms with Crippen molar-refractivity contribution in [3.8, 4) is 6.07 Å². The summed E-state index contributed by atoms with van der Waals surface area (Å²) >= 11 is 0. The summed E-state index contributed by atoms with van der Waals surface area (Å²) in [4.78, 5) is 22.9. The lowest BCUT2D eigenvalue weighted by molar-refractivity contribution is -0.118. The Morgan fingerprint density at radius 1 is 1.05 bits per heavy atom. The van der Waals surface area contributed by atoms with Crippen molar-refractivity contribution in [1.82, 2.24) is 15.2 Å². The van der Waals surface area contributed by atoms with Gasteiger partial charge in [0.25, 0.3) is 0 Å². The number of allylic oxidation sites excluding steroid dienone is 1. The Morgan fingerprint density at radius 3 is 2.44 bits per heavy atom. The summed E-state index contributed by atoms with van der Waals surface area (Å²) in [6, 6.07) is 23.2. The third kappa shape index (κ3) is 6.13. The fourth-order valence-corrected chi connectivity index (χ4v) is 5.41. The number of piperazine rings is 1. The van der Waals surface area contributed by atoms with Gasteiger partial charge in [-0.15, -0.1) is 0 Å². The second-order valence-corrected chi connectivity index (χ2v) is 10.6. The van der Waals surface area contributed by atoms with Crippen LogP contribution in [0.3, 0.4) is 0 Å². The van der Waals surface area contributed by atoms with E-state index in [-0.39, 0.29) is 11.8 Å². The van der Waals surface area contributed by atoms with Crippen LogP contribution in [0.25, 0.3) is 0 Å². The van der Waals surface area contributed by atoms with E-state index < -0.39 is 6.04 Å². The van der Waals surface area contributed by atoms with Gasteiger partial charge in [-0.2, -0.15) is 5.26 Å². The van der Waals surface area contributed by atoms with Crippen LogP contribution < -0.4 is 15.5 Å². The topological polar surface area (TPSA) is 84.3 Å². The first-order valence-electron chi connectivity index (χ1n) is 13.7. The lowest BCUT2D eigenvalue weighted by Crippen LogP contribution is -2.49. The van der Waals surface area contributed by atoms with Crippen LogP contribution in [0.1, 0.15) is 55.3 Å². The molecule has 1 saturated heterocycles. The first-order chi connectivity index (χ1) is 18.9. The van der Waals surface area contributed by atoms with Gasteiger partial charge in [-0.3, -0.25) is 4.79 Å². The molecule has 1 aliphatic heterocycles. The van der Waals surface area contributed by atoms with Gasteiger partial charge in [0, 0.05) is 32.4 Å². The van der Waals surface area contributed by atoms with E-state index in [4.69, 9.17) is 5.26 Å². The van der Waals surface area contributed by atoms with Gasteiger partial charge < -0.3 is 20.4 Å². The lowest BCUT2D eigenvalue weighted by atomic mass is 9.98. The van der Waals surface area contributed by atoms with E-state index in [1.165, 1.54) is 18.5 Å². The van der Waals surface area contributed by atoms with Crippen LogP contribution in [0.15, 0.2) is 84.2 Å². The van der Waals surface area contributed by atoms with E-state index in [0.717, 1.165) is 29.9 Å². The Morgan fingerprint density at radius 2 is 1.79 bits per heavy atom. The van der Waals surface area contributed by atoms with Crippen molar-refractivity contribution in [3.05, 3.63) is 101 Å². The molecule has 2 fully saturated rings. The number of benzene rings is 2. The van der Waals surface area contributed by atoms with Crippen molar-refractivity contribution in [3.63, 3.8) is 0 Å². The number of anilines is 2. The van der Waals surface area contributed by atoms with Gasteiger partial charge >= 0.3 is 0 Å². The lowest BCUT2D eigenvalue weighted by Gasteiger charge is -2.42. The highest BCUT2D eigenvalue weighted by Crippen LogP contribution is 2.38. The second-order valence-electron chi connectivity index (χ2n) is 10.6. The van der Waals surface area contributed by atoms with Gasteiger partial charge in [-0.1, -0.05) is 49.4 Å². The third-order valence-corrected chi connectivity index (χ3v) is 7.78. The fourth-order valence-electron chi connectivity index (χ4n) is 5.41. The molecule has 0 radical (unpaired) electrons. The molecule has 200 valence electrons. The number of carbonyl (C=O) groups excluding carboxylic acids is 1. The molecule has 39 heavy (non-hydrogen) atoms. The predicted molar refractivity (Wildman–Crippen MR) is 155 cm³/mol. The Labute approximate surface area is 231 Å². The average Bonchev–Trinajstić information content (AvgIpc) is 3.80. The Kier molecular flexibility index (Phi) is 7.94. The predicted octanol–water partition coefficient (Wildman–Crippen LogP) is 5.21. The molecule has 2 aliphatic rings. The van der Waals surface area contributed by atoms with E-state index in [1.807, 2.05) is 66.9 Å². The maximum Gasteiger partial charge on any atom is 0.247 e. The number of nitrogens with one attached hydrogen (secondary N) is 2. The normalized spacial score (nSPS) is 18.4. The molecule has 1 aromatic heterocycles. The maximum absolute atomic E-state index is 13.5. The van der Waals surface area contributed by atoms with Crippen molar-refractivity contribution in [2.45, 2.75) is 44.7 Å². The summed E-state index contributed by atoms with van der Waals surface area (Å²) in [6.45, 7) is 6.91. The van der Waals surface area contributed by atoms with Gasteiger partial charge in [0.15, 0.2) is 0 Å². The number of nitrogens with zero attached hydrogens (tertiary/aromatic N) is 4. The number of amides is 1. The van der Waals surface area contributed by atoms with E-state index >= 15 is 0 Å². The third-order valence-electron chi connectivity index (χ3n) is 7.78. The molecule has 2 heterocycles. The van der Waals surface area contributed by atoms with E-state index in [2.05, 4.69) is 58.4 Å². The molecular weight excluding hydrogens is 484 g/mol. The Balaban J connectivity index is 1.26. The molecule has 1 saturated carbocycles. The number of carbonyl (C=O) groups is 1. The summed E-state index contributed by atoms with van der Waals surface area (Å²) < 4.78 is 0. The minimum atomic E-state index is -0.529. The molecule has 2 N–H and O–H groups in total. The van der Waals surface area contributed by atoms with Crippen molar-refractivity contribution in [2.75, 3.05) is 36.9 Å². The molecule has 0 bridgehead atoms. The fraction of sp³-hybridized carbons (Fsp3) is 0.344. The van der Waals surface area contributed by atoms with Crippen LogP contribution in [0.5, 0.6) is 0 Å². The smallest absolute Gasteiger partial charge is 0.247 e. The van der Waals surface area contributed by atoms with Crippen LogP contribution in [0.2, 0.25) is 0 Å². The SMILES string of the molecule is CC(CNC(C(=O)Nc1ccc(N2CCN(C)C(=C3CC3)C2C)cn1)c1ccccc1)c1ccc(C#N)cc1. The highest BCUT2D eigenvalue weighted by Gasteiger charge is 2.32. The Bertz CT molecular complexity index is 1350. The van der Waals surface area contributed by atoms with Crippen LogP contribution in [-0.2, 0) is 4.79 Å². The Hall–Kier alpha value is -4.15. The summed E-state index contributed by atoms with van der Waals surface area (Å²) in [5, 5.41) is 15.5. The summed E-state index contributed by atoms with van der Waals surface area (Å²) in [7, 11) is 2.19. The van der Waals surface area contributed by atoms with Gasteiger partial charge in [0.05, 0.1) is 29.6 Å². The molecule has 7 heteroatoms. The summed E-state index contributed by atoms with van der Waals surface area (Å²) in [6.07, 6.45) is 4.29. The van der Waals surface area contributed by atoms with Gasteiger partial charge in [-0.25, -0.2) is 4.98 Å². The number of likely N-dealkylation sites (N-methyl/N-ethyl adjacent to an activating group) is 1. The molecular formula is C32H36N6O. The van der Waals surface area contributed by atoms with Gasteiger partial charge in [0.2, 0.25) is 5.91 Å². The van der Waals surface area contributed by atoms with Crippen LogP contribution >= 0.6 is 0 Å². The number of aromatic nitrogens is 1. The monoisotopic (exact) mass is 520 g/mol. The first-order valence-corrected chi connectivity index (χ1v) is 13.7. The molecule has 1 aliphatic carbocycles. The van der Waals surface area contributed by atoms with Crippen molar-refractivity contribution < 1.29 is 4.79 Å². The molecule has 5 rings (SSSR count). The quantitative estimate of drug-likeness (QED) is 0.424. The molecule has 7 nitrogen and oxygen atoms in total. The zero-order chi connectivity index (χ0) is 27.4. The minimum absolute atomic E-state index is 0.151. The molecule has 3 aromatic rings. The summed E-state index contributed by atoms with van der Waals surface area (Å²) in [5.41, 5.74) is 6.74. The molecule has 2 aromatic carbocycles. The number of nitriles is 1. The van der Waals surface area contributed by atoms with Crippen LogP contribution in [0, 0.1) is 11.3 Å². The average molecular weight is 521 g/mol. The highest BCUT2D eigenvalue weighted by molar-refractivity contribution is 5.94. The largest absolute Gasteiger partial charge is 0.374 e. The van der Waals surface area contributed by atoms with Crippen molar-refractivity contribution in [1.29, 1.82) is 5.26 Å². The van der Waals surface area contributed by atoms with Gasteiger partial charge in [-0.05, 0) is 66.6 Å². The maximum atomic E-state index is 13.5. The second kappa shape index (κ2) is 11.7. The zero-order valence-corrected chi connectivity index (χ0v) is 22.9. The number of hydrogen-bond donors (Lipinski definition) is 2. The number of pyridine rings is 1. The van der Waals surface area contributed by atoms with E-state index in [0.29, 0.717) is 24.0 Å². The zero-order valence-electron chi connectivity index (χ0n) is 22.9. The van der Waals surface area contributed by atoms with E-state index in [1.54, 1.807) is 5.57 Å². The van der Waals surface area contributed by atoms with Crippen molar-refractivity contribution in [2.24, 2.45) is 0 Å². The van der Waals surface area contributed by atoms with Crippen LogP contribution in [-0.4, -0.2) is 48.5 Å². The number of hydrogen-bond acceptors (Lipinski definition) is 6. The van der Waals surface area contributed by atoms with Crippen LogP contribution in [0.4, 0.5) is 11.5 Å². The molecule has 3 atom stereocenters. The molecule has 0 spiro atoms. The van der Waals surface area contributed by atoms with E-state index in [9.17, 15) is 4.79 Å². The van der Waals surface area contributed by atoms with Crippen molar-refractivity contribution >= 4 is 17.4 Å². The minimum Gasteiger partial charge on any atom is -0.374 e. The highest BCUT2D eigenvalue weighted by atomic mass is 16.2. The molecule has 3 unspecified atom stereocenters. The molecule has 1 amide bonds. The van der Waals surface area contributed by atoms with Gasteiger partial charge in [0.1, 0.15) is 11.9 Å². The first kappa shape index (κ1) is 26.5. The standard InChI is InChI=1S/C32H36N6O/c1-22(25-11-9-24(19-33)10-12-25)20-35-30(26-7-5-4-6-8-26)32(39)36-29-16-15-28(21-34-29)38-18-17-37(3)31(23(38)2)27-13-14-27/h4-12,15-16,21-23,30,35H,13-14,17-18,20H2,1-3H3,(H,34,36,39). The summed E-state index contributed by atoms with van der Waals surface area (Å²) in [5.74, 6) is 0.548. The number of rotatable bonds is 8.